The van der Waals surface area contributed by atoms with Crippen LogP contribution in [0.15, 0.2) is 18.2 Å². The summed E-state index contributed by atoms with van der Waals surface area (Å²) in [6.07, 6.45) is 0. The lowest BCUT2D eigenvalue weighted by Crippen LogP contribution is -2.43. The van der Waals surface area contributed by atoms with Gasteiger partial charge in [-0.3, -0.25) is 4.79 Å². The quantitative estimate of drug-likeness (QED) is 0.848. The molecule has 2 N–H and O–H groups in total. The summed E-state index contributed by atoms with van der Waals surface area (Å²) in [5, 5.41) is 6.03. The van der Waals surface area contributed by atoms with Gasteiger partial charge >= 0.3 is 0 Å². The van der Waals surface area contributed by atoms with Crippen LogP contribution < -0.4 is 15.4 Å². The summed E-state index contributed by atoms with van der Waals surface area (Å²) in [6, 6.07) is 4.28. The summed E-state index contributed by atoms with van der Waals surface area (Å²) in [5.41, 5.74) is 0.406. The maximum Gasteiger partial charge on any atom is 0.258 e. The normalized spacial score (nSPS) is 12.9. The summed E-state index contributed by atoms with van der Waals surface area (Å²) in [5.74, 6) is 0.00374. The SMILES string of the molecule is CCNC(C)c1cc(F)ccc1OCC(=O)NC(C)(C)C. The third-order valence-electron chi connectivity index (χ3n) is 2.82. The van der Waals surface area contributed by atoms with Crippen LogP contribution in [-0.2, 0) is 4.79 Å². The van der Waals surface area contributed by atoms with Crippen LogP contribution in [0.4, 0.5) is 4.39 Å². The van der Waals surface area contributed by atoms with Crippen molar-refractivity contribution >= 4 is 5.91 Å². The molecule has 118 valence electrons. The van der Waals surface area contributed by atoms with Crippen molar-refractivity contribution in [2.24, 2.45) is 0 Å². The number of amides is 1. The summed E-state index contributed by atoms with van der Waals surface area (Å²) in [6.45, 7) is 10.3. The first-order valence-corrected chi connectivity index (χ1v) is 7.19. The number of benzene rings is 1. The maximum absolute atomic E-state index is 13.4. The molecule has 5 heteroatoms. The Hall–Kier alpha value is -1.62. The number of rotatable bonds is 6. The fraction of sp³-hybridized carbons (Fsp3) is 0.562. The predicted molar refractivity (Wildman–Crippen MR) is 81.9 cm³/mol. The molecule has 1 amide bonds. The first-order valence-electron chi connectivity index (χ1n) is 7.19. The standard InChI is InChI=1S/C16H25FN2O2/c1-6-18-11(2)13-9-12(17)7-8-14(13)21-10-15(20)19-16(3,4)5/h7-9,11,18H,6,10H2,1-5H3,(H,19,20). The van der Waals surface area contributed by atoms with Crippen molar-refractivity contribution in [1.82, 2.24) is 10.6 Å². The molecule has 4 nitrogen and oxygen atoms in total. The average Bonchev–Trinajstić information content (AvgIpc) is 2.35. The average molecular weight is 296 g/mol. The topological polar surface area (TPSA) is 50.4 Å². The number of ether oxygens (including phenoxy) is 1. The second kappa shape index (κ2) is 7.41. The highest BCUT2D eigenvalue weighted by atomic mass is 19.1. The fourth-order valence-corrected chi connectivity index (χ4v) is 2.00. The Balaban J connectivity index is 2.76. The van der Waals surface area contributed by atoms with E-state index in [0.717, 1.165) is 6.54 Å². The molecule has 0 fully saturated rings. The first-order chi connectivity index (χ1) is 9.73. The highest BCUT2D eigenvalue weighted by Gasteiger charge is 2.16. The van der Waals surface area contributed by atoms with Gasteiger partial charge < -0.3 is 15.4 Å². The van der Waals surface area contributed by atoms with Crippen LogP contribution >= 0.6 is 0 Å². The maximum atomic E-state index is 13.4. The van der Waals surface area contributed by atoms with Crippen LogP contribution in [0.25, 0.3) is 0 Å². The monoisotopic (exact) mass is 296 g/mol. The zero-order valence-corrected chi connectivity index (χ0v) is 13.4. The first kappa shape index (κ1) is 17.4. The van der Waals surface area contributed by atoms with E-state index in [1.54, 1.807) is 6.07 Å². The molecule has 1 unspecified atom stereocenters. The molecule has 0 spiro atoms. The smallest absolute Gasteiger partial charge is 0.258 e. The lowest BCUT2D eigenvalue weighted by atomic mass is 10.1. The molecule has 0 bridgehead atoms. The minimum atomic E-state index is -0.318. The highest BCUT2D eigenvalue weighted by molar-refractivity contribution is 5.78. The number of nitrogens with one attached hydrogen (secondary N) is 2. The summed E-state index contributed by atoms with van der Waals surface area (Å²) < 4.78 is 19.0. The van der Waals surface area contributed by atoms with Crippen LogP contribution in [-0.4, -0.2) is 24.6 Å². The number of hydrogen-bond acceptors (Lipinski definition) is 3. The van der Waals surface area contributed by atoms with E-state index < -0.39 is 0 Å². The van der Waals surface area contributed by atoms with E-state index >= 15 is 0 Å². The largest absolute Gasteiger partial charge is 0.483 e. The molecule has 0 aliphatic rings. The number of carbonyl (C=O) groups excluding carboxylic acids is 1. The molecule has 21 heavy (non-hydrogen) atoms. The van der Waals surface area contributed by atoms with Gasteiger partial charge in [0.15, 0.2) is 6.61 Å². The lowest BCUT2D eigenvalue weighted by molar-refractivity contribution is -0.124. The van der Waals surface area contributed by atoms with Crippen molar-refractivity contribution in [2.75, 3.05) is 13.2 Å². The Labute approximate surface area is 126 Å². The van der Waals surface area contributed by atoms with Gasteiger partial charge in [0.2, 0.25) is 0 Å². The Bertz CT molecular complexity index is 484. The molecule has 1 rings (SSSR count). The van der Waals surface area contributed by atoms with E-state index in [0.29, 0.717) is 11.3 Å². The molecule has 0 aliphatic carbocycles. The van der Waals surface area contributed by atoms with Crippen LogP contribution in [0, 0.1) is 5.82 Å². The zero-order valence-electron chi connectivity index (χ0n) is 13.4. The molecular weight excluding hydrogens is 271 g/mol. The van der Waals surface area contributed by atoms with Crippen molar-refractivity contribution in [3.8, 4) is 5.75 Å². The van der Waals surface area contributed by atoms with Gasteiger partial charge in [0.1, 0.15) is 11.6 Å². The van der Waals surface area contributed by atoms with E-state index in [4.69, 9.17) is 4.74 Å². The summed E-state index contributed by atoms with van der Waals surface area (Å²) in [7, 11) is 0. The third kappa shape index (κ3) is 6.12. The van der Waals surface area contributed by atoms with Gasteiger partial charge in [0, 0.05) is 17.1 Å². The fourth-order valence-electron chi connectivity index (χ4n) is 2.00. The molecule has 0 saturated heterocycles. The minimum Gasteiger partial charge on any atom is -0.483 e. The number of carbonyl (C=O) groups is 1. The van der Waals surface area contributed by atoms with Crippen LogP contribution in [0.2, 0.25) is 0 Å². The van der Waals surface area contributed by atoms with Crippen molar-refractivity contribution in [2.45, 2.75) is 46.2 Å². The lowest BCUT2D eigenvalue weighted by Gasteiger charge is -2.21. The van der Waals surface area contributed by atoms with Gasteiger partial charge in [-0.2, -0.15) is 0 Å². The van der Waals surface area contributed by atoms with Gasteiger partial charge in [0.25, 0.3) is 5.91 Å². The van der Waals surface area contributed by atoms with Crippen molar-refractivity contribution in [3.63, 3.8) is 0 Å². The molecule has 1 atom stereocenters. The highest BCUT2D eigenvalue weighted by Crippen LogP contribution is 2.26. The van der Waals surface area contributed by atoms with Gasteiger partial charge in [-0.05, 0) is 52.4 Å². The van der Waals surface area contributed by atoms with E-state index in [9.17, 15) is 9.18 Å². The number of halogens is 1. The third-order valence-corrected chi connectivity index (χ3v) is 2.82. The second-order valence-corrected chi connectivity index (χ2v) is 6.05. The molecule has 0 aliphatic heterocycles. The summed E-state index contributed by atoms with van der Waals surface area (Å²) in [4.78, 5) is 11.8. The molecule has 1 aromatic rings. The Morgan fingerprint density at radius 2 is 2.05 bits per heavy atom. The zero-order chi connectivity index (χ0) is 16.0. The number of hydrogen-bond donors (Lipinski definition) is 2. The molecule has 1 aromatic carbocycles. The van der Waals surface area contributed by atoms with Crippen LogP contribution in [0.3, 0.4) is 0 Å². The van der Waals surface area contributed by atoms with Gasteiger partial charge in [0.05, 0.1) is 0 Å². The van der Waals surface area contributed by atoms with Gasteiger partial charge in [-0.25, -0.2) is 4.39 Å². The van der Waals surface area contributed by atoms with E-state index in [1.807, 2.05) is 34.6 Å². The van der Waals surface area contributed by atoms with Crippen molar-refractivity contribution < 1.29 is 13.9 Å². The van der Waals surface area contributed by atoms with E-state index in [2.05, 4.69) is 10.6 Å². The predicted octanol–water partition coefficient (Wildman–Crippen LogP) is 2.79. The molecule has 0 radical (unpaired) electrons. The van der Waals surface area contributed by atoms with Gasteiger partial charge in [-0.1, -0.05) is 6.92 Å². The van der Waals surface area contributed by atoms with Gasteiger partial charge in [-0.15, -0.1) is 0 Å². The van der Waals surface area contributed by atoms with Crippen LogP contribution in [0.1, 0.15) is 46.2 Å². The van der Waals surface area contributed by atoms with E-state index in [-0.39, 0.29) is 29.9 Å². The molecule has 0 aromatic heterocycles. The Kier molecular flexibility index (Phi) is 6.15. The minimum absolute atomic E-state index is 0.0497. The van der Waals surface area contributed by atoms with E-state index in [1.165, 1.54) is 12.1 Å². The Morgan fingerprint density at radius 3 is 2.62 bits per heavy atom. The second-order valence-electron chi connectivity index (χ2n) is 6.05. The molecule has 0 saturated carbocycles. The Morgan fingerprint density at radius 1 is 1.38 bits per heavy atom. The van der Waals surface area contributed by atoms with Crippen LogP contribution in [0.5, 0.6) is 5.75 Å². The molecule has 0 heterocycles. The molecular formula is C16H25FN2O2. The van der Waals surface area contributed by atoms with Crippen molar-refractivity contribution in [3.05, 3.63) is 29.6 Å². The summed E-state index contributed by atoms with van der Waals surface area (Å²) >= 11 is 0. The van der Waals surface area contributed by atoms with Crippen molar-refractivity contribution in [1.29, 1.82) is 0 Å².